The van der Waals surface area contributed by atoms with E-state index in [1.165, 1.54) is 0 Å². The number of nitrogens with zero attached hydrogens (tertiary/aromatic N) is 1. The molecule has 0 saturated heterocycles. The molecule has 0 aliphatic carbocycles. The molecule has 0 unspecified atom stereocenters. The maximum absolute atomic E-state index is 11.0. The third-order valence-corrected chi connectivity index (χ3v) is 2.60. The molecule has 1 aromatic heterocycles. The lowest BCUT2D eigenvalue weighted by atomic mass is 10.1. The van der Waals surface area contributed by atoms with Crippen LogP contribution in [0, 0.1) is 0 Å². The fourth-order valence-electron chi connectivity index (χ4n) is 1.68. The van der Waals surface area contributed by atoms with Crippen molar-refractivity contribution in [1.82, 2.24) is 4.98 Å². The number of benzene rings is 1. The van der Waals surface area contributed by atoms with Gasteiger partial charge in [0.15, 0.2) is 18.8 Å². The molecule has 0 atom stereocenters. The molecule has 0 saturated carbocycles. The van der Waals surface area contributed by atoms with Crippen molar-refractivity contribution in [2.75, 3.05) is 27.1 Å². The van der Waals surface area contributed by atoms with Gasteiger partial charge in [0.1, 0.15) is 5.52 Å². The number of aromatic nitrogens is 1. The highest BCUT2D eigenvalue weighted by Crippen LogP contribution is 2.27. The summed E-state index contributed by atoms with van der Waals surface area (Å²) < 4.78 is 15.6. The monoisotopic (exact) mass is 261 g/mol. The maximum atomic E-state index is 11.0. The summed E-state index contributed by atoms with van der Waals surface area (Å²) >= 11 is 0. The zero-order valence-corrected chi connectivity index (χ0v) is 10.7. The minimum atomic E-state index is 0.0554. The Morgan fingerprint density at radius 2 is 2.16 bits per heavy atom. The number of aldehydes is 1. The largest absolute Gasteiger partial charge is 0.465 e. The van der Waals surface area contributed by atoms with E-state index in [2.05, 4.69) is 4.98 Å². The highest BCUT2D eigenvalue weighted by molar-refractivity contribution is 5.93. The molecule has 2 rings (SSSR count). The minimum absolute atomic E-state index is 0.0554. The van der Waals surface area contributed by atoms with E-state index in [9.17, 15) is 4.79 Å². The first kappa shape index (κ1) is 13.5. The number of fused-ring (bicyclic) bond motifs is 1. The van der Waals surface area contributed by atoms with Crippen molar-refractivity contribution in [2.45, 2.75) is 0 Å². The Morgan fingerprint density at radius 3 is 2.95 bits per heavy atom. The average molecular weight is 261 g/mol. The lowest BCUT2D eigenvalue weighted by Gasteiger charge is -2.11. The molecule has 2 aromatic rings. The first-order valence-electron chi connectivity index (χ1n) is 5.89. The summed E-state index contributed by atoms with van der Waals surface area (Å²) in [7, 11) is 1.60. The van der Waals surface area contributed by atoms with Crippen molar-refractivity contribution in [3.8, 4) is 5.75 Å². The topological polar surface area (TPSA) is 57.7 Å². The standard InChI is InChI=1S/C14H15NO4/c1-17-7-8-18-10-19-14-12(9-16)5-4-11-3-2-6-15-13(11)14/h2-6,9H,7-8,10H2,1H3. The van der Waals surface area contributed by atoms with Gasteiger partial charge in [0.25, 0.3) is 0 Å². The van der Waals surface area contributed by atoms with Gasteiger partial charge in [-0.05, 0) is 12.1 Å². The summed E-state index contributed by atoms with van der Waals surface area (Å²) in [6.07, 6.45) is 2.41. The van der Waals surface area contributed by atoms with Gasteiger partial charge < -0.3 is 14.2 Å². The molecule has 19 heavy (non-hydrogen) atoms. The van der Waals surface area contributed by atoms with E-state index in [4.69, 9.17) is 14.2 Å². The first-order chi connectivity index (χ1) is 9.36. The van der Waals surface area contributed by atoms with Gasteiger partial charge in [-0.25, -0.2) is 0 Å². The van der Waals surface area contributed by atoms with Crippen molar-refractivity contribution in [2.24, 2.45) is 0 Å². The number of ether oxygens (including phenoxy) is 3. The van der Waals surface area contributed by atoms with Gasteiger partial charge in [0.05, 0.1) is 18.8 Å². The SMILES string of the molecule is COCCOCOc1c(C=O)ccc2cccnc12. The van der Waals surface area contributed by atoms with Crippen molar-refractivity contribution in [3.63, 3.8) is 0 Å². The van der Waals surface area contributed by atoms with Gasteiger partial charge in [0, 0.05) is 18.7 Å². The molecule has 5 heteroatoms. The maximum Gasteiger partial charge on any atom is 0.189 e. The van der Waals surface area contributed by atoms with E-state index < -0.39 is 0 Å². The van der Waals surface area contributed by atoms with Crippen molar-refractivity contribution < 1.29 is 19.0 Å². The number of rotatable bonds is 7. The highest BCUT2D eigenvalue weighted by Gasteiger charge is 2.09. The quantitative estimate of drug-likeness (QED) is 0.433. The second kappa shape index (κ2) is 6.82. The van der Waals surface area contributed by atoms with Crippen LogP contribution in [-0.2, 0) is 9.47 Å². The van der Waals surface area contributed by atoms with Crippen LogP contribution in [0.2, 0.25) is 0 Å². The fourth-order valence-corrected chi connectivity index (χ4v) is 1.68. The number of methoxy groups -OCH3 is 1. The predicted octanol–water partition coefficient (Wildman–Crippen LogP) is 2.05. The van der Waals surface area contributed by atoms with Crippen LogP contribution in [0.15, 0.2) is 30.5 Å². The van der Waals surface area contributed by atoms with E-state index >= 15 is 0 Å². The van der Waals surface area contributed by atoms with Gasteiger partial charge in [-0.3, -0.25) is 9.78 Å². The molecule has 100 valence electrons. The van der Waals surface area contributed by atoms with Crippen LogP contribution in [0.1, 0.15) is 10.4 Å². The van der Waals surface area contributed by atoms with Crippen LogP contribution < -0.4 is 4.74 Å². The number of carbonyl (C=O) groups is 1. The van der Waals surface area contributed by atoms with Crippen LogP contribution in [0.25, 0.3) is 10.9 Å². The van der Waals surface area contributed by atoms with Crippen LogP contribution in [0.3, 0.4) is 0 Å². The molecule has 0 bridgehead atoms. The molecule has 0 aliphatic rings. The van der Waals surface area contributed by atoms with E-state index in [1.54, 1.807) is 19.4 Å². The Hall–Kier alpha value is -1.98. The van der Waals surface area contributed by atoms with Crippen LogP contribution in [-0.4, -0.2) is 38.4 Å². The van der Waals surface area contributed by atoms with Gasteiger partial charge in [-0.2, -0.15) is 0 Å². The Morgan fingerprint density at radius 1 is 1.26 bits per heavy atom. The van der Waals surface area contributed by atoms with Crippen LogP contribution in [0.5, 0.6) is 5.75 Å². The smallest absolute Gasteiger partial charge is 0.189 e. The highest BCUT2D eigenvalue weighted by atomic mass is 16.7. The van der Waals surface area contributed by atoms with Gasteiger partial charge in [0.2, 0.25) is 0 Å². The second-order valence-electron chi connectivity index (χ2n) is 3.84. The van der Waals surface area contributed by atoms with E-state index in [-0.39, 0.29) is 6.79 Å². The molecule has 1 aromatic carbocycles. The molecule has 1 heterocycles. The van der Waals surface area contributed by atoms with Crippen LogP contribution >= 0.6 is 0 Å². The van der Waals surface area contributed by atoms with E-state index in [0.29, 0.717) is 30.0 Å². The summed E-state index contributed by atoms with van der Waals surface area (Å²) in [6.45, 7) is 0.989. The summed E-state index contributed by atoms with van der Waals surface area (Å²) in [6, 6.07) is 7.30. The summed E-state index contributed by atoms with van der Waals surface area (Å²) in [5, 5.41) is 0.917. The summed E-state index contributed by atoms with van der Waals surface area (Å²) in [5.41, 5.74) is 1.11. The van der Waals surface area contributed by atoms with E-state index in [0.717, 1.165) is 11.7 Å². The lowest BCUT2D eigenvalue weighted by molar-refractivity contribution is -0.00807. The third kappa shape index (κ3) is 3.27. The van der Waals surface area contributed by atoms with Gasteiger partial charge in [-0.1, -0.05) is 12.1 Å². The minimum Gasteiger partial charge on any atom is -0.465 e. The first-order valence-corrected chi connectivity index (χ1v) is 5.89. The molecule has 0 amide bonds. The predicted molar refractivity (Wildman–Crippen MR) is 70.5 cm³/mol. The zero-order chi connectivity index (χ0) is 13.5. The Kier molecular flexibility index (Phi) is 4.83. The number of hydrogen-bond donors (Lipinski definition) is 0. The van der Waals surface area contributed by atoms with Crippen molar-refractivity contribution in [3.05, 3.63) is 36.0 Å². The summed E-state index contributed by atoms with van der Waals surface area (Å²) in [5.74, 6) is 0.450. The van der Waals surface area contributed by atoms with Gasteiger partial charge >= 0.3 is 0 Å². The zero-order valence-electron chi connectivity index (χ0n) is 10.7. The number of pyridine rings is 1. The molecule has 0 fully saturated rings. The van der Waals surface area contributed by atoms with Crippen LogP contribution in [0.4, 0.5) is 0 Å². The molecule has 5 nitrogen and oxygen atoms in total. The summed E-state index contributed by atoms with van der Waals surface area (Å²) in [4.78, 5) is 15.3. The molecule has 0 aliphatic heterocycles. The Balaban J connectivity index is 2.17. The average Bonchev–Trinajstić information content (AvgIpc) is 2.47. The molecule has 0 radical (unpaired) electrons. The Labute approximate surface area is 111 Å². The second-order valence-corrected chi connectivity index (χ2v) is 3.84. The third-order valence-electron chi connectivity index (χ3n) is 2.60. The molecular formula is C14H15NO4. The lowest BCUT2D eigenvalue weighted by Crippen LogP contribution is -2.09. The van der Waals surface area contributed by atoms with Crippen molar-refractivity contribution in [1.29, 1.82) is 0 Å². The molecule has 0 spiro atoms. The molecular weight excluding hydrogens is 246 g/mol. The normalized spacial score (nSPS) is 10.6. The van der Waals surface area contributed by atoms with E-state index in [1.807, 2.05) is 18.2 Å². The molecule has 0 N–H and O–H groups in total. The Bertz CT molecular complexity index is 556. The number of carbonyl (C=O) groups excluding carboxylic acids is 1. The fraction of sp³-hybridized carbons (Fsp3) is 0.286. The number of hydrogen-bond acceptors (Lipinski definition) is 5. The van der Waals surface area contributed by atoms with Gasteiger partial charge in [-0.15, -0.1) is 0 Å². The van der Waals surface area contributed by atoms with Crippen molar-refractivity contribution >= 4 is 17.2 Å².